The van der Waals surface area contributed by atoms with Crippen molar-refractivity contribution in [3.8, 4) is 0 Å². The molecule has 0 saturated carbocycles. The molecule has 0 bridgehead atoms. The van der Waals surface area contributed by atoms with Gasteiger partial charge in [-0.15, -0.1) is 0 Å². The van der Waals surface area contributed by atoms with Crippen LogP contribution < -0.4 is 5.73 Å². The number of aliphatic hydroxyl groups excluding tert-OH is 3. The lowest BCUT2D eigenvalue weighted by Crippen LogP contribution is -2.46. The average Bonchev–Trinajstić information content (AvgIpc) is 3.10. The highest BCUT2D eigenvalue weighted by Gasteiger charge is 2.43. The van der Waals surface area contributed by atoms with E-state index in [9.17, 15) is 24.6 Å². The number of phosphoric acid groups is 1. The van der Waals surface area contributed by atoms with Crippen LogP contribution in [0.3, 0.4) is 0 Å². The van der Waals surface area contributed by atoms with Gasteiger partial charge in [0.1, 0.15) is 11.7 Å². The molecule has 304 valence electrons. The first-order chi connectivity index (χ1) is 24.2. The zero-order valence-corrected chi connectivity index (χ0v) is 34.2. The predicted octanol–water partition coefficient (Wildman–Crippen LogP) is 11.4. The van der Waals surface area contributed by atoms with Crippen LogP contribution >= 0.6 is 7.82 Å². The van der Waals surface area contributed by atoms with E-state index in [2.05, 4.69) is 13.8 Å². The summed E-state index contributed by atoms with van der Waals surface area (Å²) in [7, 11) is -4.81. The molecule has 0 aromatic heterocycles. The second kappa shape index (κ2) is 40.1. The Morgan fingerprint density at radius 1 is 0.500 bits per heavy atom. The van der Waals surface area contributed by atoms with Gasteiger partial charge in [0.15, 0.2) is 0 Å². The van der Waals surface area contributed by atoms with Crippen molar-refractivity contribution < 1.29 is 34.2 Å². The van der Waals surface area contributed by atoms with E-state index in [1.165, 1.54) is 167 Å². The van der Waals surface area contributed by atoms with Crippen LogP contribution in [-0.4, -0.2) is 56.6 Å². The Hall–Kier alpha value is -0.0500. The Kier molecular flexibility index (Phi) is 41.8. The molecular weight excluding hydrogens is 649 g/mol. The molecule has 0 aliphatic carbocycles. The first kappa shape index (κ1) is 52.1. The second-order valence-corrected chi connectivity index (χ2v) is 16.1. The van der Waals surface area contributed by atoms with E-state index in [1.54, 1.807) is 0 Å². The molecule has 0 aliphatic rings. The van der Waals surface area contributed by atoms with Crippen LogP contribution in [0.2, 0.25) is 0 Å². The zero-order valence-electron chi connectivity index (χ0n) is 33.3. The molecule has 50 heavy (non-hydrogen) atoms. The number of rotatable bonds is 39. The molecule has 1 unspecified atom stereocenters. The molecule has 0 saturated heterocycles. The maximum Gasteiger partial charge on any atom is 0.470 e. The van der Waals surface area contributed by atoms with Gasteiger partial charge in [-0.3, -0.25) is 4.52 Å². The van der Waals surface area contributed by atoms with Gasteiger partial charge in [0.05, 0.1) is 13.2 Å². The van der Waals surface area contributed by atoms with Crippen LogP contribution in [0.1, 0.15) is 232 Å². The van der Waals surface area contributed by atoms with E-state index in [0.29, 0.717) is 19.4 Å². The highest BCUT2D eigenvalue weighted by Crippen LogP contribution is 2.46. The quantitative estimate of drug-likeness (QED) is 0.0269. The van der Waals surface area contributed by atoms with E-state index >= 15 is 0 Å². The SMILES string of the molecule is CCCCCCCCCCCCCCCCCCC(CCCCCCCCCCCCCCCCCC)(OP(=O)(O)O)C(O)CO.NCCO. The minimum atomic E-state index is -4.81. The molecule has 0 heterocycles. The van der Waals surface area contributed by atoms with Gasteiger partial charge in [0.25, 0.3) is 0 Å². The van der Waals surface area contributed by atoms with Crippen molar-refractivity contribution in [3.63, 3.8) is 0 Å². The monoisotopic (exact) mass is 738 g/mol. The van der Waals surface area contributed by atoms with E-state index in [1.807, 2.05) is 0 Å². The normalized spacial score (nSPS) is 12.6. The molecule has 9 heteroatoms. The Morgan fingerprint density at radius 2 is 0.720 bits per heavy atom. The minimum Gasteiger partial charge on any atom is -0.395 e. The highest BCUT2D eigenvalue weighted by molar-refractivity contribution is 7.46. The van der Waals surface area contributed by atoms with Gasteiger partial charge in [0, 0.05) is 6.54 Å². The Balaban J connectivity index is 0. The van der Waals surface area contributed by atoms with E-state index in [-0.39, 0.29) is 6.61 Å². The first-order valence-electron chi connectivity index (χ1n) is 21.6. The fraction of sp³-hybridized carbons (Fsp3) is 1.00. The van der Waals surface area contributed by atoms with Gasteiger partial charge in [-0.25, -0.2) is 4.57 Å². The van der Waals surface area contributed by atoms with Crippen LogP contribution in [0.15, 0.2) is 0 Å². The third-order valence-corrected chi connectivity index (χ3v) is 10.7. The summed E-state index contributed by atoms with van der Waals surface area (Å²) in [6, 6.07) is 0. The van der Waals surface area contributed by atoms with Crippen LogP contribution in [0, 0.1) is 0 Å². The van der Waals surface area contributed by atoms with Crippen LogP contribution in [0.4, 0.5) is 0 Å². The second-order valence-electron chi connectivity index (χ2n) is 15.0. The van der Waals surface area contributed by atoms with Crippen LogP contribution in [0.25, 0.3) is 0 Å². The Bertz CT molecular complexity index is 656. The smallest absolute Gasteiger partial charge is 0.395 e. The molecule has 8 nitrogen and oxygen atoms in total. The molecule has 0 rings (SSSR count). The van der Waals surface area contributed by atoms with Crippen molar-refractivity contribution in [2.24, 2.45) is 5.73 Å². The number of hydrogen-bond acceptors (Lipinski definition) is 6. The summed E-state index contributed by atoms with van der Waals surface area (Å²) in [5.41, 5.74) is 3.39. The first-order valence-corrected chi connectivity index (χ1v) is 23.1. The Morgan fingerprint density at radius 3 is 0.900 bits per heavy atom. The molecule has 0 aromatic carbocycles. The fourth-order valence-electron chi connectivity index (χ4n) is 6.96. The summed E-state index contributed by atoms with van der Waals surface area (Å²) < 4.78 is 17.2. The minimum absolute atomic E-state index is 0.0972. The third kappa shape index (κ3) is 37.7. The lowest BCUT2D eigenvalue weighted by Gasteiger charge is -2.37. The molecule has 0 fully saturated rings. The van der Waals surface area contributed by atoms with Gasteiger partial charge in [-0.2, -0.15) is 0 Å². The van der Waals surface area contributed by atoms with Gasteiger partial charge >= 0.3 is 7.82 Å². The van der Waals surface area contributed by atoms with Crippen molar-refractivity contribution in [1.29, 1.82) is 0 Å². The van der Waals surface area contributed by atoms with E-state index < -0.39 is 26.1 Å². The zero-order chi connectivity index (χ0) is 37.4. The Labute approximate surface area is 310 Å². The summed E-state index contributed by atoms with van der Waals surface area (Å²) in [5.74, 6) is 0. The molecular formula is C41H88NO7P. The number of unbranched alkanes of at least 4 members (excludes halogenated alkanes) is 30. The van der Waals surface area contributed by atoms with Gasteiger partial charge in [0.2, 0.25) is 0 Å². The van der Waals surface area contributed by atoms with E-state index in [0.717, 1.165) is 38.5 Å². The van der Waals surface area contributed by atoms with Crippen LogP contribution in [-0.2, 0) is 9.09 Å². The predicted molar refractivity (Wildman–Crippen MR) is 213 cm³/mol. The van der Waals surface area contributed by atoms with Crippen molar-refractivity contribution in [2.75, 3.05) is 19.8 Å². The van der Waals surface area contributed by atoms with Crippen molar-refractivity contribution in [3.05, 3.63) is 0 Å². The van der Waals surface area contributed by atoms with E-state index in [4.69, 9.17) is 15.4 Å². The number of phosphoric ester groups is 1. The average molecular weight is 738 g/mol. The van der Waals surface area contributed by atoms with Crippen molar-refractivity contribution >= 4 is 7.82 Å². The lowest BCUT2D eigenvalue weighted by molar-refractivity contribution is -0.0999. The summed E-state index contributed by atoms with van der Waals surface area (Å²) >= 11 is 0. The van der Waals surface area contributed by atoms with Gasteiger partial charge in [-0.1, -0.05) is 219 Å². The van der Waals surface area contributed by atoms with Gasteiger partial charge < -0.3 is 30.8 Å². The molecule has 7 N–H and O–H groups in total. The molecule has 0 radical (unpaired) electrons. The summed E-state index contributed by atoms with van der Waals surface area (Å²) in [5, 5.41) is 28.2. The standard InChI is InChI=1S/C39H81O6P.C2H7NO/c1-3-5-7-9-11-13-15-17-19-21-23-25-27-29-31-33-35-39(38(41)37-40,45-46(42,43)44)36-34-32-30-28-26-24-22-20-18-16-14-12-10-8-6-4-2;3-1-2-4/h38,40-41H,3-37H2,1-2H3,(H2,42,43,44);4H,1-3H2. The molecule has 0 amide bonds. The summed E-state index contributed by atoms with van der Waals surface area (Å²) in [6.45, 7) is 4.45. The summed E-state index contributed by atoms with van der Waals surface area (Å²) in [6.07, 6.45) is 39.7. The van der Waals surface area contributed by atoms with Crippen molar-refractivity contribution in [2.45, 2.75) is 244 Å². The number of hydrogen-bond donors (Lipinski definition) is 6. The largest absolute Gasteiger partial charge is 0.470 e. The fourth-order valence-corrected chi connectivity index (χ4v) is 7.74. The highest BCUT2D eigenvalue weighted by atomic mass is 31.2. The third-order valence-electron chi connectivity index (χ3n) is 10.1. The molecule has 0 aromatic rings. The topological polar surface area (TPSA) is 153 Å². The maximum absolute atomic E-state index is 11.9. The molecule has 0 spiro atoms. The number of aliphatic hydroxyl groups is 3. The molecule has 0 aliphatic heterocycles. The van der Waals surface area contributed by atoms with Crippen molar-refractivity contribution in [1.82, 2.24) is 0 Å². The molecule has 1 atom stereocenters. The van der Waals surface area contributed by atoms with Gasteiger partial charge in [-0.05, 0) is 12.8 Å². The maximum atomic E-state index is 11.9. The lowest BCUT2D eigenvalue weighted by atomic mass is 9.85. The summed E-state index contributed by atoms with van der Waals surface area (Å²) in [4.78, 5) is 19.3. The van der Waals surface area contributed by atoms with Crippen LogP contribution in [0.5, 0.6) is 0 Å². The number of nitrogens with two attached hydrogens (primary N) is 1.